The van der Waals surface area contributed by atoms with Gasteiger partial charge in [-0.25, -0.2) is 0 Å². The van der Waals surface area contributed by atoms with Crippen molar-refractivity contribution in [1.29, 1.82) is 0 Å². The molecular formula is C20H28N2O3. The summed E-state index contributed by atoms with van der Waals surface area (Å²) < 4.78 is 11.4. The standard InChI is InChI=1S/C20H28N2O3/c1-4-17-16(15-7-5-6-8-18(15)25-17)13-22(2)19(23)20(14-24-3)9-11-21-12-10-20/h5-8,21H,4,9-14H2,1-3H3. The highest BCUT2D eigenvalue weighted by Crippen LogP contribution is 2.33. The van der Waals surface area contributed by atoms with Crippen LogP contribution in [0.4, 0.5) is 0 Å². The van der Waals surface area contributed by atoms with Crippen LogP contribution in [0.5, 0.6) is 0 Å². The average molecular weight is 344 g/mol. The summed E-state index contributed by atoms with van der Waals surface area (Å²) >= 11 is 0. The number of nitrogens with one attached hydrogen (secondary N) is 1. The van der Waals surface area contributed by atoms with E-state index in [0.717, 1.165) is 54.6 Å². The lowest BCUT2D eigenvalue weighted by atomic mass is 9.78. The van der Waals surface area contributed by atoms with E-state index in [1.54, 1.807) is 7.11 Å². The highest BCUT2D eigenvalue weighted by atomic mass is 16.5. The van der Waals surface area contributed by atoms with Gasteiger partial charge in [0.1, 0.15) is 11.3 Å². The van der Waals surface area contributed by atoms with Crippen molar-refractivity contribution in [2.75, 3.05) is 33.9 Å². The normalized spacial score (nSPS) is 16.9. The number of carbonyl (C=O) groups excluding carboxylic acids is 1. The summed E-state index contributed by atoms with van der Waals surface area (Å²) in [5.41, 5.74) is 1.60. The van der Waals surface area contributed by atoms with E-state index in [9.17, 15) is 4.79 Å². The number of ether oxygens (including phenoxy) is 1. The second kappa shape index (κ2) is 7.58. The zero-order valence-electron chi connectivity index (χ0n) is 15.4. The van der Waals surface area contributed by atoms with Crippen molar-refractivity contribution in [2.45, 2.75) is 32.7 Å². The van der Waals surface area contributed by atoms with Gasteiger partial charge < -0.3 is 19.4 Å². The molecule has 2 aromatic rings. The molecule has 0 aliphatic carbocycles. The third-order valence-corrected chi connectivity index (χ3v) is 5.28. The molecule has 1 aromatic carbocycles. The van der Waals surface area contributed by atoms with Crippen LogP contribution in [0.2, 0.25) is 0 Å². The van der Waals surface area contributed by atoms with Crippen molar-refractivity contribution < 1.29 is 13.9 Å². The van der Waals surface area contributed by atoms with E-state index in [4.69, 9.17) is 9.15 Å². The number of piperidine rings is 1. The fourth-order valence-electron chi connectivity index (χ4n) is 3.92. The molecule has 3 rings (SSSR count). The minimum atomic E-state index is -0.416. The first kappa shape index (κ1) is 18.0. The minimum absolute atomic E-state index is 0.170. The number of fused-ring (bicyclic) bond motifs is 1. The highest BCUT2D eigenvalue weighted by molar-refractivity contribution is 5.85. The molecule has 1 aliphatic rings. The van der Waals surface area contributed by atoms with Crippen molar-refractivity contribution in [1.82, 2.24) is 10.2 Å². The molecule has 1 saturated heterocycles. The van der Waals surface area contributed by atoms with Crippen LogP contribution in [0.15, 0.2) is 28.7 Å². The lowest BCUT2D eigenvalue weighted by Crippen LogP contribution is -2.50. The Hall–Kier alpha value is -1.85. The summed E-state index contributed by atoms with van der Waals surface area (Å²) in [6.45, 7) is 4.85. The lowest BCUT2D eigenvalue weighted by molar-refractivity contribution is -0.146. The fraction of sp³-hybridized carbons (Fsp3) is 0.550. The van der Waals surface area contributed by atoms with Crippen molar-refractivity contribution >= 4 is 16.9 Å². The van der Waals surface area contributed by atoms with E-state index >= 15 is 0 Å². The molecule has 2 heterocycles. The Labute approximate surface area is 149 Å². The van der Waals surface area contributed by atoms with Gasteiger partial charge >= 0.3 is 0 Å². The fourth-order valence-corrected chi connectivity index (χ4v) is 3.92. The number of furan rings is 1. The zero-order chi connectivity index (χ0) is 17.9. The maximum absolute atomic E-state index is 13.3. The van der Waals surface area contributed by atoms with Crippen molar-refractivity contribution in [3.63, 3.8) is 0 Å². The number of nitrogens with zero attached hydrogens (tertiary/aromatic N) is 1. The SMILES string of the molecule is CCc1oc2ccccc2c1CN(C)C(=O)C1(COC)CCNCC1. The van der Waals surface area contributed by atoms with E-state index in [1.807, 2.05) is 30.1 Å². The second-order valence-electron chi connectivity index (χ2n) is 6.98. The molecule has 1 amide bonds. The number of rotatable bonds is 6. The first-order valence-electron chi connectivity index (χ1n) is 9.06. The molecule has 0 radical (unpaired) electrons. The van der Waals surface area contributed by atoms with Crippen molar-refractivity contribution in [3.05, 3.63) is 35.6 Å². The van der Waals surface area contributed by atoms with Gasteiger partial charge in [0.25, 0.3) is 0 Å². The molecule has 1 N–H and O–H groups in total. The molecule has 1 fully saturated rings. The Kier molecular flexibility index (Phi) is 5.45. The summed E-state index contributed by atoms with van der Waals surface area (Å²) in [4.78, 5) is 15.1. The van der Waals surface area contributed by atoms with Gasteiger partial charge in [0.2, 0.25) is 5.91 Å². The molecule has 0 atom stereocenters. The Balaban J connectivity index is 1.86. The van der Waals surface area contributed by atoms with Crippen LogP contribution < -0.4 is 5.32 Å². The van der Waals surface area contributed by atoms with Crippen LogP contribution in [-0.4, -0.2) is 44.7 Å². The van der Waals surface area contributed by atoms with Gasteiger partial charge in [-0.15, -0.1) is 0 Å². The summed E-state index contributed by atoms with van der Waals surface area (Å²) in [7, 11) is 3.57. The molecule has 5 nitrogen and oxygen atoms in total. The van der Waals surface area contributed by atoms with Crippen molar-refractivity contribution in [3.8, 4) is 0 Å². The summed E-state index contributed by atoms with van der Waals surface area (Å²) in [5, 5.41) is 4.44. The minimum Gasteiger partial charge on any atom is -0.461 e. The van der Waals surface area contributed by atoms with Crippen LogP contribution in [-0.2, 0) is 22.5 Å². The third kappa shape index (κ3) is 3.44. The maximum Gasteiger partial charge on any atom is 0.231 e. The van der Waals surface area contributed by atoms with Gasteiger partial charge in [-0.1, -0.05) is 25.1 Å². The monoisotopic (exact) mass is 344 g/mol. The molecule has 5 heteroatoms. The predicted molar refractivity (Wildman–Crippen MR) is 98.5 cm³/mol. The lowest BCUT2D eigenvalue weighted by Gasteiger charge is -2.38. The first-order valence-corrected chi connectivity index (χ1v) is 9.06. The number of amides is 1. The number of hydrogen-bond donors (Lipinski definition) is 1. The smallest absolute Gasteiger partial charge is 0.231 e. The van der Waals surface area contributed by atoms with Crippen LogP contribution in [0, 0.1) is 5.41 Å². The van der Waals surface area contributed by atoms with E-state index in [-0.39, 0.29) is 5.91 Å². The molecule has 136 valence electrons. The van der Waals surface area contributed by atoms with Crippen LogP contribution in [0.1, 0.15) is 31.1 Å². The Morgan fingerprint density at radius 2 is 2.04 bits per heavy atom. The predicted octanol–water partition coefficient (Wildman–Crippen LogP) is 2.97. The third-order valence-electron chi connectivity index (χ3n) is 5.28. The van der Waals surface area contributed by atoms with E-state index in [1.165, 1.54) is 0 Å². The van der Waals surface area contributed by atoms with Gasteiger partial charge in [0.15, 0.2) is 0 Å². The number of hydrogen-bond acceptors (Lipinski definition) is 4. The molecule has 0 unspecified atom stereocenters. The molecule has 1 aromatic heterocycles. The Bertz CT molecular complexity index is 726. The van der Waals surface area contributed by atoms with Gasteiger partial charge in [-0.3, -0.25) is 4.79 Å². The maximum atomic E-state index is 13.3. The summed E-state index contributed by atoms with van der Waals surface area (Å²) in [6.07, 6.45) is 2.45. The summed E-state index contributed by atoms with van der Waals surface area (Å²) in [5.74, 6) is 1.13. The number of aryl methyl sites for hydroxylation is 1. The quantitative estimate of drug-likeness (QED) is 0.875. The van der Waals surface area contributed by atoms with Crippen molar-refractivity contribution in [2.24, 2.45) is 5.41 Å². The number of methoxy groups -OCH3 is 1. The molecule has 0 spiro atoms. The van der Waals surface area contributed by atoms with E-state index < -0.39 is 5.41 Å². The highest BCUT2D eigenvalue weighted by Gasteiger charge is 2.41. The zero-order valence-corrected chi connectivity index (χ0v) is 15.4. The topological polar surface area (TPSA) is 54.7 Å². The molecule has 1 aliphatic heterocycles. The van der Waals surface area contributed by atoms with E-state index in [2.05, 4.69) is 18.3 Å². The molecule has 0 saturated carbocycles. The van der Waals surface area contributed by atoms with Crippen LogP contribution in [0.3, 0.4) is 0 Å². The number of benzene rings is 1. The van der Waals surface area contributed by atoms with Crippen LogP contribution in [0.25, 0.3) is 11.0 Å². The number of carbonyl (C=O) groups is 1. The molecule has 25 heavy (non-hydrogen) atoms. The summed E-state index contributed by atoms with van der Waals surface area (Å²) in [6, 6.07) is 8.05. The molecular weight excluding hydrogens is 316 g/mol. The second-order valence-corrected chi connectivity index (χ2v) is 6.98. The number of para-hydroxylation sites is 1. The van der Waals surface area contributed by atoms with Crippen LogP contribution >= 0.6 is 0 Å². The van der Waals surface area contributed by atoms with Gasteiger partial charge in [-0.2, -0.15) is 0 Å². The largest absolute Gasteiger partial charge is 0.461 e. The van der Waals surface area contributed by atoms with E-state index in [0.29, 0.717) is 13.2 Å². The Morgan fingerprint density at radius 3 is 2.72 bits per heavy atom. The average Bonchev–Trinajstić information content (AvgIpc) is 3.00. The van der Waals surface area contributed by atoms with Gasteiger partial charge in [0.05, 0.1) is 12.0 Å². The molecule has 0 bridgehead atoms. The van der Waals surface area contributed by atoms with Gasteiger partial charge in [-0.05, 0) is 32.0 Å². The Morgan fingerprint density at radius 1 is 1.32 bits per heavy atom. The van der Waals surface area contributed by atoms with Gasteiger partial charge in [0, 0.05) is 38.1 Å². The first-order chi connectivity index (χ1) is 12.1.